The van der Waals surface area contributed by atoms with Gasteiger partial charge in [0, 0.05) is 0 Å². The molecular weight excluding hydrogens is 430 g/mol. The lowest BCUT2D eigenvalue weighted by atomic mass is 10.2. The number of para-hydroxylation sites is 2. The van der Waals surface area contributed by atoms with Crippen LogP contribution in [0.25, 0.3) is 6.08 Å². The van der Waals surface area contributed by atoms with Crippen molar-refractivity contribution in [2.24, 2.45) is 0 Å². The van der Waals surface area contributed by atoms with Crippen molar-refractivity contribution in [1.82, 2.24) is 0 Å². The average Bonchev–Trinajstić information content (AvgIpc) is 3.07. The van der Waals surface area contributed by atoms with E-state index >= 15 is 0 Å². The van der Waals surface area contributed by atoms with Gasteiger partial charge in [0.05, 0.1) is 23.3 Å². The van der Waals surface area contributed by atoms with Gasteiger partial charge in [0.25, 0.3) is 5.91 Å². The number of methoxy groups -OCH3 is 1. The highest BCUT2D eigenvalue weighted by Gasteiger charge is 2.34. The third kappa shape index (κ3) is 4.52. The molecule has 3 aromatic carbocycles. The van der Waals surface area contributed by atoms with Crippen LogP contribution in [-0.2, 0) is 4.79 Å². The Morgan fingerprint density at radius 3 is 2.52 bits per heavy atom. The molecule has 0 saturated carbocycles. The number of nitrogens with zero attached hydrogens (tertiary/aromatic N) is 1. The predicted octanol–water partition coefficient (Wildman–Crippen LogP) is 5.32. The van der Waals surface area contributed by atoms with Gasteiger partial charge >= 0.3 is 5.97 Å². The Hall–Kier alpha value is -3.42. The third-order valence-corrected chi connectivity index (χ3v) is 5.80. The molecule has 0 radical (unpaired) electrons. The van der Waals surface area contributed by atoms with Crippen LogP contribution in [0, 0.1) is 0 Å². The van der Waals surface area contributed by atoms with Crippen molar-refractivity contribution in [3.63, 3.8) is 0 Å². The van der Waals surface area contributed by atoms with Gasteiger partial charge in [-0.2, -0.15) is 0 Å². The Morgan fingerprint density at radius 1 is 1.00 bits per heavy atom. The number of anilines is 1. The van der Waals surface area contributed by atoms with Gasteiger partial charge < -0.3 is 9.47 Å². The summed E-state index contributed by atoms with van der Waals surface area (Å²) >= 11 is 6.65. The van der Waals surface area contributed by atoms with Gasteiger partial charge in [-0.05, 0) is 48.0 Å². The summed E-state index contributed by atoms with van der Waals surface area (Å²) in [5.41, 5.74) is 1.78. The van der Waals surface area contributed by atoms with E-state index in [0.29, 0.717) is 32.0 Å². The SMILES string of the molecule is COc1ccccc1N1C(=O)C(=Cc2cccc(OC(=O)c3ccccc3)c2)SC1=S. The number of benzene rings is 3. The van der Waals surface area contributed by atoms with Crippen LogP contribution >= 0.6 is 24.0 Å². The summed E-state index contributed by atoms with van der Waals surface area (Å²) < 4.78 is 11.3. The lowest BCUT2D eigenvalue weighted by Gasteiger charge is -2.17. The second kappa shape index (κ2) is 9.16. The minimum Gasteiger partial charge on any atom is -0.495 e. The molecule has 1 fully saturated rings. The molecule has 1 aliphatic rings. The van der Waals surface area contributed by atoms with E-state index in [1.165, 1.54) is 16.7 Å². The van der Waals surface area contributed by atoms with Gasteiger partial charge in [0.1, 0.15) is 11.5 Å². The summed E-state index contributed by atoms with van der Waals surface area (Å²) in [7, 11) is 1.55. The molecule has 1 heterocycles. The Morgan fingerprint density at radius 2 is 1.74 bits per heavy atom. The Bertz CT molecular complexity index is 1190. The molecular formula is C24H17NO4S2. The minimum absolute atomic E-state index is 0.230. The topological polar surface area (TPSA) is 55.8 Å². The van der Waals surface area contributed by atoms with Crippen LogP contribution in [0.4, 0.5) is 5.69 Å². The van der Waals surface area contributed by atoms with Crippen LogP contribution < -0.4 is 14.4 Å². The molecule has 0 bridgehead atoms. The van der Waals surface area contributed by atoms with Crippen molar-refractivity contribution in [2.45, 2.75) is 0 Å². The van der Waals surface area contributed by atoms with Crippen molar-refractivity contribution in [3.05, 3.63) is 94.9 Å². The van der Waals surface area contributed by atoms with Crippen LogP contribution in [0.3, 0.4) is 0 Å². The molecule has 0 atom stereocenters. The first-order valence-electron chi connectivity index (χ1n) is 9.35. The number of rotatable bonds is 5. The van der Waals surface area contributed by atoms with Crippen LogP contribution in [0.2, 0.25) is 0 Å². The van der Waals surface area contributed by atoms with Crippen LogP contribution in [0.5, 0.6) is 11.5 Å². The lowest BCUT2D eigenvalue weighted by molar-refractivity contribution is -0.113. The van der Waals surface area contributed by atoms with E-state index in [1.807, 2.05) is 24.3 Å². The second-order valence-corrected chi connectivity index (χ2v) is 8.19. The van der Waals surface area contributed by atoms with E-state index in [4.69, 9.17) is 21.7 Å². The number of ether oxygens (including phenoxy) is 2. The number of esters is 1. The molecule has 0 spiro atoms. The number of hydrogen-bond acceptors (Lipinski definition) is 6. The van der Waals surface area contributed by atoms with Crippen molar-refractivity contribution in [2.75, 3.05) is 12.0 Å². The summed E-state index contributed by atoms with van der Waals surface area (Å²) in [6, 6.07) is 23.0. The second-order valence-electron chi connectivity index (χ2n) is 6.52. The molecule has 31 heavy (non-hydrogen) atoms. The molecule has 7 heteroatoms. The highest BCUT2D eigenvalue weighted by molar-refractivity contribution is 8.27. The van der Waals surface area contributed by atoms with Crippen LogP contribution in [0.15, 0.2) is 83.8 Å². The molecule has 0 unspecified atom stereocenters. The number of carbonyl (C=O) groups excluding carboxylic acids is 2. The molecule has 4 rings (SSSR count). The summed E-state index contributed by atoms with van der Waals surface area (Å²) in [6.07, 6.45) is 1.73. The fourth-order valence-electron chi connectivity index (χ4n) is 3.05. The van der Waals surface area contributed by atoms with Gasteiger partial charge in [0.15, 0.2) is 4.32 Å². The van der Waals surface area contributed by atoms with Gasteiger partial charge in [-0.15, -0.1) is 0 Å². The maximum absolute atomic E-state index is 13.0. The maximum atomic E-state index is 13.0. The monoisotopic (exact) mass is 447 g/mol. The van der Waals surface area contributed by atoms with Gasteiger partial charge in [-0.25, -0.2) is 4.79 Å². The van der Waals surface area contributed by atoms with Crippen LogP contribution in [0.1, 0.15) is 15.9 Å². The molecule has 1 aliphatic heterocycles. The molecule has 0 aromatic heterocycles. The standard InChI is InChI=1S/C24H17NO4S2/c1-28-20-13-6-5-12-19(20)25-22(26)21(31-24(25)30)15-16-8-7-11-18(14-16)29-23(27)17-9-3-2-4-10-17/h2-15H,1H3. The number of amides is 1. The highest BCUT2D eigenvalue weighted by Crippen LogP contribution is 2.39. The van der Waals surface area contributed by atoms with Crippen molar-refractivity contribution < 1.29 is 19.1 Å². The van der Waals surface area contributed by atoms with E-state index in [1.54, 1.807) is 67.8 Å². The Kier molecular flexibility index (Phi) is 6.16. The van der Waals surface area contributed by atoms with E-state index in [9.17, 15) is 9.59 Å². The molecule has 0 aliphatic carbocycles. The molecule has 3 aromatic rings. The molecule has 154 valence electrons. The van der Waals surface area contributed by atoms with Crippen molar-refractivity contribution in [1.29, 1.82) is 0 Å². The van der Waals surface area contributed by atoms with Crippen molar-refractivity contribution in [3.8, 4) is 11.5 Å². The van der Waals surface area contributed by atoms with Crippen LogP contribution in [-0.4, -0.2) is 23.3 Å². The Balaban J connectivity index is 1.57. The van der Waals surface area contributed by atoms with Gasteiger partial charge in [-0.1, -0.05) is 66.4 Å². The van der Waals surface area contributed by atoms with E-state index in [-0.39, 0.29) is 5.91 Å². The number of thioether (sulfide) groups is 1. The predicted molar refractivity (Wildman–Crippen MR) is 126 cm³/mol. The molecule has 1 saturated heterocycles. The largest absolute Gasteiger partial charge is 0.495 e. The zero-order valence-electron chi connectivity index (χ0n) is 16.5. The number of hydrogen-bond donors (Lipinski definition) is 0. The molecule has 5 nitrogen and oxygen atoms in total. The smallest absolute Gasteiger partial charge is 0.343 e. The fraction of sp³-hybridized carbons (Fsp3) is 0.0417. The van der Waals surface area contributed by atoms with E-state index < -0.39 is 5.97 Å². The number of carbonyl (C=O) groups is 2. The summed E-state index contributed by atoms with van der Waals surface area (Å²) in [5, 5.41) is 0. The first kappa shape index (κ1) is 20.8. The summed E-state index contributed by atoms with van der Waals surface area (Å²) in [5.74, 6) is 0.282. The normalized spacial score (nSPS) is 14.7. The quantitative estimate of drug-likeness (QED) is 0.228. The van der Waals surface area contributed by atoms with E-state index in [0.717, 1.165) is 5.56 Å². The first-order valence-corrected chi connectivity index (χ1v) is 10.6. The van der Waals surface area contributed by atoms with Gasteiger partial charge in [-0.3, -0.25) is 9.69 Å². The average molecular weight is 448 g/mol. The Labute approximate surface area is 189 Å². The first-order chi connectivity index (χ1) is 15.1. The zero-order valence-corrected chi connectivity index (χ0v) is 18.1. The minimum atomic E-state index is -0.444. The molecule has 0 N–H and O–H groups in total. The summed E-state index contributed by atoms with van der Waals surface area (Å²) in [4.78, 5) is 27.3. The highest BCUT2D eigenvalue weighted by atomic mass is 32.2. The fourth-order valence-corrected chi connectivity index (χ4v) is 4.33. The van der Waals surface area contributed by atoms with Gasteiger partial charge in [0.2, 0.25) is 0 Å². The third-order valence-electron chi connectivity index (χ3n) is 4.50. The molecule has 1 amide bonds. The number of thiocarbonyl (C=S) groups is 1. The zero-order chi connectivity index (χ0) is 21.8. The maximum Gasteiger partial charge on any atom is 0.343 e. The van der Waals surface area contributed by atoms with E-state index in [2.05, 4.69) is 0 Å². The lowest BCUT2D eigenvalue weighted by Crippen LogP contribution is -2.27. The summed E-state index contributed by atoms with van der Waals surface area (Å²) in [6.45, 7) is 0. The van der Waals surface area contributed by atoms with Crippen molar-refractivity contribution >= 4 is 51.9 Å².